The van der Waals surface area contributed by atoms with Gasteiger partial charge in [0.1, 0.15) is 5.58 Å². The Morgan fingerprint density at radius 1 is 0.700 bits per heavy atom. The number of para-hydroxylation sites is 1. The summed E-state index contributed by atoms with van der Waals surface area (Å²) in [7, 11) is 0. The second-order valence-corrected chi connectivity index (χ2v) is 6.70. The Hall–Kier alpha value is -4.19. The number of ketones is 1. The number of hydrazine groups is 1. The minimum absolute atomic E-state index is 0.116. The Labute approximate surface area is 172 Å². The second-order valence-electron chi connectivity index (χ2n) is 6.70. The lowest BCUT2D eigenvalue weighted by molar-refractivity contribution is 0.0830. The zero-order valence-electron chi connectivity index (χ0n) is 16.1. The van der Waals surface area contributed by atoms with E-state index < -0.39 is 11.8 Å². The Balaban J connectivity index is 1.53. The fraction of sp³-hybridized carbons (Fsp3) is 0.0417. The van der Waals surface area contributed by atoms with Crippen molar-refractivity contribution in [2.24, 2.45) is 0 Å². The van der Waals surface area contributed by atoms with E-state index in [1.54, 1.807) is 55.5 Å². The fourth-order valence-electron chi connectivity index (χ4n) is 3.25. The SMILES string of the molecule is Cc1c(C(=O)NNC(=O)c2ccccc2C(=O)c2ccccc2)oc2ccccc12. The quantitative estimate of drug-likeness (QED) is 0.401. The summed E-state index contributed by atoms with van der Waals surface area (Å²) in [5.74, 6) is -1.34. The number of carbonyl (C=O) groups excluding carboxylic acids is 3. The van der Waals surface area contributed by atoms with E-state index in [4.69, 9.17) is 4.42 Å². The van der Waals surface area contributed by atoms with E-state index in [1.165, 1.54) is 6.07 Å². The number of fused-ring (bicyclic) bond motifs is 1. The van der Waals surface area contributed by atoms with Gasteiger partial charge in [0.05, 0.1) is 5.56 Å². The number of furan rings is 1. The van der Waals surface area contributed by atoms with E-state index in [-0.39, 0.29) is 22.7 Å². The van der Waals surface area contributed by atoms with Crippen LogP contribution in [0, 0.1) is 6.92 Å². The first-order chi connectivity index (χ1) is 14.6. The van der Waals surface area contributed by atoms with E-state index in [2.05, 4.69) is 10.9 Å². The van der Waals surface area contributed by atoms with Crippen LogP contribution < -0.4 is 10.9 Å². The molecular formula is C24H18N2O4. The standard InChI is InChI=1S/C24H18N2O4/c1-15-17-11-7-8-14-20(17)30-22(15)24(29)26-25-23(28)19-13-6-5-12-18(19)21(27)16-9-3-2-4-10-16/h2-14H,1H3,(H,25,28)(H,26,29). The normalized spacial score (nSPS) is 10.6. The molecule has 0 saturated carbocycles. The lowest BCUT2D eigenvalue weighted by Gasteiger charge is -2.10. The third kappa shape index (κ3) is 3.58. The van der Waals surface area contributed by atoms with Crippen molar-refractivity contribution in [3.8, 4) is 0 Å². The summed E-state index contributed by atoms with van der Waals surface area (Å²) < 4.78 is 5.60. The zero-order valence-corrected chi connectivity index (χ0v) is 16.1. The molecule has 1 aromatic heterocycles. The first-order valence-electron chi connectivity index (χ1n) is 9.34. The maximum Gasteiger partial charge on any atom is 0.305 e. The summed E-state index contributed by atoms with van der Waals surface area (Å²) in [5, 5.41) is 0.827. The number of benzene rings is 3. The zero-order chi connectivity index (χ0) is 21.1. The van der Waals surface area contributed by atoms with Gasteiger partial charge in [0.15, 0.2) is 11.5 Å². The van der Waals surface area contributed by atoms with Gasteiger partial charge < -0.3 is 4.42 Å². The van der Waals surface area contributed by atoms with Gasteiger partial charge in [-0.05, 0) is 19.1 Å². The van der Waals surface area contributed by atoms with Crippen molar-refractivity contribution in [3.05, 3.63) is 107 Å². The third-order valence-corrected chi connectivity index (χ3v) is 4.79. The number of hydrogen-bond donors (Lipinski definition) is 2. The molecule has 0 fully saturated rings. The lowest BCUT2D eigenvalue weighted by Crippen LogP contribution is -2.42. The monoisotopic (exact) mass is 398 g/mol. The predicted molar refractivity (Wildman–Crippen MR) is 112 cm³/mol. The number of aryl methyl sites for hydroxylation is 1. The first-order valence-corrected chi connectivity index (χ1v) is 9.34. The van der Waals surface area contributed by atoms with Crippen molar-refractivity contribution < 1.29 is 18.8 Å². The summed E-state index contributed by atoms with van der Waals surface area (Å²) in [6.07, 6.45) is 0. The number of amides is 2. The van der Waals surface area contributed by atoms with Gasteiger partial charge in [0, 0.05) is 22.1 Å². The van der Waals surface area contributed by atoms with Gasteiger partial charge in [-0.2, -0.15) is 0 Å². The highest BCUT2D eigenvalue weighted by molar-refractivity contribution is 6.15. The Kier molecular flexibility index (Phi) is 5.13. The maximum absolute atomic E-state index is 12.8. The minimum Gasteiger partial charge on any atom is -0.451 e. The molecule has 0 unspecified atom stereocenters. The molecule has 6 heteroatoms. The molecule has 0 atom stereocenters. The molecule has 0 saturated heterocycles. The van der Waals surface area contributed by atoms with Crippen LogP contribution in [0.4, 0.5) is 0 Å². The van der Waals surface area contributed by atoms with Crippen molar-refractivity contribution in [2.75, 3.05) is 0 Å². The average Bonchev–Trinajstić information content (AvgIpc) is 3.14. The molecule has 0 spiro atoms. The highest BCUT2D eigenvalue weighted by Gasteiger charge is 2.21. The van der Waals surface area contributed by atoms with E-state index in [1.807, 2.05) is 24.3 Å². The summed E-state index contributed by atoms with van der Waals surface area (Å²) in [5.41, 5.74) is 6.87. The molecule has 0 aliphatic carbocycles. The largest absolute Gasteiger partial charge is 0.451 e. The predicted octanol–water partition coefficient (Wildman–Crippen LogP) is 4.05. The molecule has 4 aromatic rings. The van der Waals surface area contributed by atoms with Gasteiger partial charge in [-0.25, -0.2) is 0 Å². The van der Waals surface area contributed by atoms with E-state index in [0.717, 1.165) is 5.39 Å². The maximum atomic E-state index is 12.8. The number of hydrogen-bond acceptors (Lipinski definition) is 4. The van der Waals surface area contributed by atoms with Crippen molar-refractivity contribution >= 4 is 28.6 Å². The molecule has 0 bridgehead atoms. The molecule has 1 heterocycles. The summed E-state index contributed by atoms with van der Waals surface area (Å²) in [6.45, 7) is 1.77. The highest BCUT2D eigenvalue weighted by Crippen LogP contribution is 2.24. The van der Waals surface area contributed by atoms with Crippen LogP contribution in [0.3, 0.4) is 0 Å². The van der Waals surface area contributed by atoms with Crippen LogP contribution in [-0.4, -0.2) is 17.6 Å². The van der Waals surface area contributed by atoms with Crippen molar-refractivity contribution in [1.29, 1.82) is 0 Å². The molecular weight excluding hydrogens is 380 g/mol. The van der Waals surface area contributed by atoms with Gasteiger partial charge in [-0.1, -0.05) is 66.7 Å². The second kappa shape index (κ2) is 8.05. The molecule has 2 N–H and O–H groups in total. The fourth-order valence-corrected chi connectivity index (χ4v) is 3.25. The third-order valence-electron chi connectivity index (χ3n) is 4.79. The van der Waals surface area contributed by atoms with Gasteiger partial charge in [0.2, 0.25) is 0 Å². The van der Waals surface area contributed by atoms with E-state index in [9.17, 15) is 14.4 Å². The van der Waals surface area contributed by atoms with E-state index >= 15 is 0 Å². The highest BCUT2D eigenvalue weighted by atomic mass is 16.3. The van der Waals surface area contributed by atoms with Crippen molar-refractivity contribution in [2.45, 2.75) is 6.92 Å². The summed E-state index contributed by atoms with van der Waals surface area (Å²) in [4.78, 5) is 38.0. The molecule has 4 rings (SSSR count). The molecule has 3 aromatic carbocycles. The molecule has 0 radical (unpaired) electrons. The summed E-state index contributed by atoms with van der Waals surface area (Å²) in [6, 6.07) is 22.4. The van der Waals surface area contributed by atoms with Gasteiger partial charge in [-0.15, -0.1) is 0 Å². The molecule has 2 amide bonds. The van der Waals surface area contributed by atoms with Crippen LogP contribution in [0.1, 0.15) is 42.4 Å². The molecule has 0 aliphatic rings. The average molecular weight is 398 g/mol. The van der Waals surface area contributed by atoms with Crippen LogP contribution in [0.2, 0.25) is 0 Å². The number of rotatable bonds is 4. The lowest BCUT2D eigenvalue weighted by atomic mass is 9.98. The Bertz CT molecular complexity index is 1260. The Morgan fingerprint density at radius 3 is 2.03 bits per heavy atom. The van der Waals surface area contributed by atoms with Gasteiger partial charge >= 0.3 is 5.91 Å². The van der Waals surface area contributed by atoms with Crippen molar-refractivity contribution in [1.82, 2.24) is 10.9 Å². The van der Waals surface area contributed by atoms with Crippen LogP contribution in [0.15, 0.2) is 83.3 Å². The van der Waals surface area contributed by atoms with Crippen LogP contribution in [0.25, 0.3) is 11.0 Å². The molecule has 30 heavy (non-hydrogen) atoms. The molecule has 0 aliphatic heterocycles. The van der Waals surface area contributed by atoms with Crippen LogP contribution >= 0.6 is 0 Å². The topological polar surface area (TPSA) is 88.4 Å². The van der Waals surface area contributed by atoms with Crippen LogP contribution in [-0.2, 0) is 0 Å². The first kappa shape index (κ1) is 19.1. The Morgan fingerprint density at radius 2 is 1.30 bits per heavy atom. The number of nitrogens with one attached hydrogen (secondary N) is 2. The van der Waals surface area contributed by atoms with Gasteiger partial charge in [0.25, 0.3) is 5.91 Å². The summed E-state index contributed by atoms with van der Waals surface area (Å²) >= 11 is 0. The van der Waals surface area contributed by atoms with Crippen molar-refractivity contribution in [3.63, 3.8) is 0 Å². The number of carbonyl (C=O) groups is 3. The molecule has 148 valence electrons. The van der Waals surface area contributed by atoms with Crippen LogP contribution in [0.5, 0.6) is 0 Å². The van der Waals surface area contributed by atoms with Gasteiger partial charge in [-0.3, -0.25) is 25.2 Å². The molecule has 6 nitrogen and oxygen atoms in total. The van der Waals surface area contributed by atoms with E-state index in [0.29, 0.717) is 16.7 Å². The minimum atomic E-state index is -0.600. The smallest absolute Gasteiger partial charge is 0.305 e.